The molecule has 2 aromatic rings. The fraction of sp³-hybridized carbons (Fsp3) is 0.222. The first kappa shape index (κ1) is 15.9. The average Bonchev–Trinajstić information content (AvgIpc) is 2.54. The van der Waals surface area contributed by atoms with Crippen LogP contribution in [-0.4, -0.2) is 22.5 Å². The summed E-state index contributed by atoms with van der Waals surface area (Å²) in [5.41, 5.74) is -0.672. The normalized spacial score (nSPS) is 13.2. The zero-order valence-corrected chi connectivity index (χ0v) is 12.4. The summed E-state index contributed by atoms with van der Waals surface area (Å²) in [4.78, 5) is 24.0. The molecule has 0 fully saturated rings. The van der Waals surface area contributed by atoms with E-state index in [1.807, 2.05) is 24.3 Å². The van der Waals surface area contributed by atoms with Gasteiger partial charge in [-0.25, -0.2) is 4.79 Å². The van der Waals surface area contributed by atoms with E-state index in [0.29, 0.717) is 5.56 Å². The third-order valence-electron chi connectivity index (χ3n) is 3.44. The summed E-state index contributed by atoms with van der Waals surface area (Å²) in [5, 5.41) is 10.5. The number of aliphatic hydroxyl groups is 1. The van der Waals surface area contributed by atoms with Gasteiger partial charge in [-0.2, -0.15) is 0 Å². The highest BCUT2D eigenvalue weighted by Gasteiger charge is 2.42. The van der Waals surface area contributed by atoms with Gasteiger partial charge in [0.1, 0.15) is 6.61 Å². The van der Waals surface area contributed by atoms with E-state index in [0.717, 1.165) is 5.56 Å². The van der Waals surface area contributed by atoms with Crippen LogP contribution in [0.4, 0.5) is 0 Å². The molecule has 0 aliphatic heterocycles. The summed E-state index contributed by atoms with van der Waals surface area (Å²) in [5.74, 6) is -1.55. The first-order chi connectivity index (χ1) is 10.5. The van der Waals surface area contributed by atoms with Crippen molar-refractivity contribution in [1.82, 2.24) is 0 Å². The summed E-state index contributed by atoms with van der Waals surface area (Å²) in [6.45, 7) is 1.21. The molecular weight excluding hydrogens is 280 g/mol. The second-order valence-electron chi connectivity index (χ2n) is 5.14. The highest BCUT2D eigenvalue weighted by atomic mass is 16.6. The topological polar surface area (TPSA) is 63.6 Å². The summed E-state index contributed by atoms with van der Waals surface area (Å²) in [6, 6.07) is 18.0. The molecule has 0 aliphatic rings. The van der Waals surface area contributed by atoms with Crippen molar-refractivity contribution in [2.45, 2.75) is 25.6 Å². The third-order valence-corrected chi connectivity index (χ3v) is 3.44. The van der Waals surface area contributed by atoms with Gasteiger partial charge in [0.15, 0.2) is 5.78 Å². The Labute approximate surface area is 129 Å². The van der Waals surface area contributed by atoms with Crippen LogP contribution in [0.2, 0.25) is 0 Å². The Morgan fingerprint density at radius 3 is 1.95 bits per heavy atom. The molecule has 0 aliphatic carbocycles. The van der Waals surface area contributed by atoms with Crippen molar-refractivity contribution in [2.24, 2.45) is 0 Å². The van der Waals surface area contributed by atoms with Gasteiger partial charge in [0.2, 0.25) is 5.60 Å². The van der Waals surface area contributed by atoms with E-state index in [-0.39, 0.29) is 13.0 Å². The zero-order valence-electron chi connectivity index (χ0n) is 12.4. The monoisotopic (exact) mass is 298 g/mol. The van der Waals surface area contributed by atoms with Gasteiger partial charge in [-0.3, -0.25) is 4.79 Å². The maximum atomic E-state index is 12.2. The predicted molar refractivity (Wildman–Crippen MR) is 82.0 cm³/mol. The van der Waals surface area contributed by atoms with Gasteiger partial charge in [0, 0.05) is 6.42 Å². The number of ether oxygens (including phenoxy) is 1. The predicted octanol–water partition coefficient (Wildman–Crippen LogP) is 2.29. The molecule has 0 aromatic heterocycles. The Morgan fingerprint density at radius 1 is 0.955 bits per heavy atom. The smallest absolute Gasteiger partial charge is 0.346 e. The van der Waals surface area contributed by atoms with Crippen molar-refractivity contribution in [1.29, 1.82) is 0 Å². The van der Waals surface area contributed by atoms with Crippen LogP contribution in [0.15, 0.2) is 60.7 Å². The molecular formula is C18H18O4. The highest BCUT2D eigenvalue weighted by molar-refractivity contribution is 6.06. The summed E-state index contributed by atoms with van der Waals surface area (Å²) >= 11 is 0. The first-order valence-corrected chi connectivity index (χ1v) is 7.01. The number of carbonyl (C=O) groups excluding carboxylic acids is 2. The van der Waals surface area contributed by atoms with Crippen LogP contribution in [-0.2, 0) is 27.4 Å². The van der Waals surface area contributed by atoms with Gasteiger partial charge >= 0.3 is 5.97 Å². The molecule has 0 saturated carbocycles. The van der Waals surface area contributed by atoms with Crippen LogP contribution in [0.5, 0.6) is 0 Å². The summed E-state index contributed by atoms with van der Waals surface area (Å²) in [7, 11) is 0. The van der Waals surface area contributed by atoms with Crippen molar-refractivity contribution < 1.29 is 19.4 Å². The Kier molecular flexibility index (Phi) is 5.07. The molecule has 0 heterocycles. The molecule has 0 bridgehead atoms. The van der Waals surface area contributed by atoms with E-state index >= 15 is 0 Å². The number of esters is 1. The highest BCUT2D eigenvalue weighted by Crippen LogP contribution is 2.18. The maximum Gasteiger partial charge on any atom is 0.346 e. The molecule has 0 radical (unpaired) electrons. The van der Waals surface area contributed by atoms with Crippen molar-refractivity contribution in [3.63, 3.8) is 0 Å². The first-order valence-electron chi connectivity index (χ1n) is 7.01. The minimum absolute atomic E-state index is 0.0179. The SMILES string of the molecule is CC(=O)C(O)(Cc1ccccc1)C(=O)OCc1ccccc1. The molecule has 4 heteroatoms. The average molecular weight is 298 g/mol. The van der Waals surface area contributed by atoms with Gasteiger partial charge in [-0.05, 0) is 18.1 Å². The van der Waals surface area contributed by atoms with E-state index in [2.05, 4.69) is 0 Å². The van der Waals surface area contributed by atoms with Gasteiger partial charge in [0.05, 0.1) is 0 Å². The van der Waals surface area contributed by atoms with E-state index in [1.165, 1.54) is 6.92 Å². The molecule has 4 nitrogen and oxygen atoms in total. The summed E-state index contributed by atoms with van der Waals surface area (Å²) in [6.07, 6.45) is -0.100. The molecule has 2 aromatic carbocycles. The van der Waals surface area contributed by atoms with E-state index < -0.39 is 17.4 Å². The Balaban J connectivity index is 2.09. The molecule has 22 heavy (non-hydrogen) atoms. The van der Waals surface area contributed by atoms with Gasteiger partial charge in [-0.15, -0.1) is 0 Å². The Hall–Kier alpha value is -2.46. The molecule has 0 saturated heterocycles. The molecule has 114 valence electrons. The molecule has 0 spiro atoms. The van der Waals surface area contributed by atoms with Gasteiger partial charge in [-0.1, -0.05) is 60.7 Å². The van der Waals surface area contributed by atoms with E-state index in [1.54, 1.807) is 36.4 Å². The fourth-order valence-electron chi connectivity index (χ4n) is 2.07. The number of hydrogen-bond acceptors (Lipinski definition) is 4. The number of Topliss-reactive ketones (excluding diaryl/α,β-unsaturated/α-hetero) is 1. The van der Waals surface area contributed by atoms with E-state index in [9.17, 15) is 14.7 Å². The van der Waals surface area contributed by atoms with Crippen molar-refractivity contribution in [2.75, 3.05) is 0 Å². The number of rotatable bonds is 6. The minimum atomic E-state index is -2.16. The van der Waals surface area contributed by atoms with Crippen LogP contribution in [0.25, 0.3) is 0 Å². The lowest BCUT2D eigenvalue weighted by Crippen LogP contribution is -2.48. The standard InChI is InChI=1S/C18H18O4/c1-14(19)18(21,12-15-8-4-2-5-9-15)17(20)22-13-16-10-6-3-7-11-16/h2-11,21H,12-13H2,1H3. The maximum absolute atomic E-state index is 12.2. The zero-order chi connectivity index (χ0) is 16.0. The Bertz CT molecular complexity index is 637. The van der Waals surface area contributed by atoms with Crippen LogP contribution in [0.1, 0.15) is 18.1 Å². The van der Waals surface area contributed by atoms with Crippen LogP contribution >= 0.6 is 0 Å². The van der Waals surface area contributed by atoms with Gasteiger partial charge in [0.25, 0.3) is 0 Å². The van der Waals surface area contributed by atoms with Crippen LogP contribution in [0.3, 0.4) is 0 Å². The quantitative estimate of drug-likeness (QED) is 0.656. The molecule has 1 N–H and O–H groups in total. The van der Waals surface area contributed by atoms with Crippen molar-refractivity contribution in [3.05, 3.63) is 71.8 Å². The Morgan fingerprint density at radius 2 is 1.45 bits per heavy atom. The molecule has 1 unspecified atom stereocenters. The van der Waals surface area contributed by atoms with Crippen LogP contribution < -0.4 is 0 Å². The van der Waals surface area contributed by atoms with Crippen molar-refractivity contribution >= 4 is 11.8 Å². The lowest BCUT2D eigenvalue weighted by molar-refractivity contribution is -0.171. The van der Waals surface area contributed by atoms with E-state index in [4.69, 9.17) is 4.74 Å². The minimum Gasteiger partial charge on any atom is -0.458 e. The number of hydrogen-bond donors (Lipinski definition) is 1. The lowest BCUT2D eigenvalue weighted by Gasteiger charge is -2.23. The molecule has 1 atom stereocenters. The number of carbonyl (C=O) groups is 2. The van der Waals surface area contributed by atoms with Crippen LogP contribution in [0, 0.1) is 0 Å². The molecule has 0 amide bonds. The third kappa shape index (κ3) is 3.80. The fourth-order valence-corrected chi connectivity index (χ4v) is 2.07. The molecule has 2 rings (SSSR count). The second-order valence-corrected chi connectivity index (χ2v) is 5.14. The number of ketones is 1. The largest absolute Gasteiger partial charge is 0.458 e. The van der Waals surface area contributed by atoms with Crippen molar-refractivity contribution in [3.8, 4) is 0 Å². The lowest BCUT2D eigenvalue weighted by atomic mass is 9.91. The van der Waals surface area contributed by atoms with Gasteiger partial charge < -0.3 is 9.84 Å². The second kappa shape index (κ2) is 7.00. The number of benzene rings is 2. The summed E-state index contributed by atoms with van der Waals surface area (Å²) < 4.78 is 5.12.